The highest BCUT2D eigenvalue weighted by molar-refractivity contribution is 6.31. The first-order valence-electron chi connectivity index (χ1n) is 15.1. The Bertz CT molecular complexity index is 1610. The number of likely N-dealkylation sites (N-methyl/N-ethyl adjacent to an activating group) is 1. The number of carbonyl (C=O) groups is 4. The van der Waals surface area contributed by atoms with E-state index in [2.05, 4.69) is 10.3 Å². The number of hydrogen-bond acceptors (Lipinski definition) is 6. The van der Waals surface area contributed by atoms with Crippen LogP contribution in [-0.2, 0) is 32.1 Å². The fraction of sp³-hybridized carbons (Fsp3) is 0.455. The number of nitrogens with zero attached hydrogens (tertiary/aromatic N) is 2. The lowest BCUT2D eigenvalue weighted by Gasteiger charge is -2.49. The van der Waals surface area contributed by atoms with E-state index in [-0.39, 0.29) is 56.9 Å². The molecule has 10 nitrogen and oxygen atoms in total. The molecule has 3 aliphatic carbocycles. The zero-order valence-electron chi connectivity index (χ0n) is 24.6. The normalized spacial score (nSPS) is 27.0. The van der Waals surface area contributed by atoms with Crippen molar-refractivity contribution in [2.75, 3.05) is 13.6 Å². The highest BCUT2D eigenvalue weighted by atomic mass is 35.5. The van der Waals surface area contributed by atoms with Gasteiger partial charge in [0.25, 0.3) is 0 Å². The molecule has 2 aromatic carbocycles. The zero-order chi connectivity index (χ0) is 31.2. The SMILES string of the molecule is CN(Cc1ccccc1Cl)C(=O)C(Cc1c[nH]c2ccccc12)NC(=O)C1CC(O)CN1C(=O)C12CCC(O)(CC1)CC2=O. The predicted molar refractivity (Wildman–Crippen MR) is 163 cm³/mol. The van der Waals surface area contributed by atoms with Crippen LogP contribution in [0.25, 0.3) is 10.9 Å². The first-order chi connectivity index (χ1) is 21.0. The van der Waals surface area contributed by atoms with Gasteiger partial charge in [0.1, 0.15) is 17.5 Å². The molecule has 3 atom stereocenters. The quantitative estimate of drug-likeness (QED) is 0.285. The second kappa shape index (κ2) is 11.6. The Hall–Kier alpha value is -3.73. The van der Waals surface area contributed by atoms with Gasteiger partial charge in [-0.1, -0.05) is 48.0 Å². The molecule has 3 saturated carbocycles. The number of halogens is 1. The van der Waals surface area contributed by atoms with Crippen LogP contribution in [0.5, 0.6) is 0 Å². The minimum Gasteiger partial charge on any atom is -0.391 e. The average Bonchev–Trinajstić information content (AvgIpc) is 3.60. The van der Waals surface area contributed by atoms with Gasteiger partial charge in [-0.05, 0) is 48.9 Å². The van der Waals surface area contributed by atoms with Crippen molar-refractivity contribution >= 4 is 46.0 Å². The van der Waals surface area contributed by atoms with E-state index < -0.39 is 41.0 Å². The van der Waals surface area contributed by atoms with E-state index in [9.17, 15) is 29.4 Å². The summed E-state index contributed by atoms with van der Waals surface area (Å²) in [5.74, 6) is -1.69. The molecule has 1 aliphatic heterocycles. The molecule has 3 unspecified atom stereocenters. The summed E-state index contributed by atoms with van der Waals surface area (Å²) in [5.41, 5.74) is 0.143. The summed E-state index contributed by atoms with van der Waals surface area (Å²) in [6.45, 7) is 0.145. The number of hydrogen-bond donors (Lipinski definition) is 4. The molecule has 1 saturated heterocycles. The summed E-state index contributed by atoms with van der Waals surface area (Å²) in [5, 5.41) is 25.6. The number of β-amino-alcohol motifs (C(OH)–C–C–N with tert-alkyl or cyclic N) is 1. The lowest BCUT2D eigenvalue weighted by molar-refractivity contribution is -0.170. The van der Waals surface area contributed by atoms with Crippen LogP contribution < -0.4 is 5.32 Å². The molecule has 2 bridgehead atoms. The summed E-state index contributed by atoms with van der Waals surface area (Å²) in [4.78, 5) is 61.0. The lowest BCUT2D eigenvalue weighted by Crippen LogP contribution is -2.61. The van der Waals surface area contributed by atoms with Crippen LogP contribution in [-0.4, -0.2) is 85.9 Å². The molecule has 11 heteroatoms. The van der Waals surface area contributed by atoms with Gasteiger partial charge in [0, 0.05) is 61.5 Å². The van der Waals surface area contributed by atoms with Crippen molar-refractivity contribution in [1.29, 1.82) is 0 Å². The van der Waals surface area contributed by atoms with Gasteiger partial charge in [0.15, 0.2) is 5.78 Å². The van der Waals surface area contributed by atoms with E-state index in [0.29, 0.717) is 17.9 Å². The number of aliphatic hydroxyl groups is 2. The Morgan fingerprint density at radius 1 is 1.09 bits per heavy atom. The number of ketones is 1. The number of aromatic amines is 1. The summed E-state index contributed by atoms with van der Waals surface area (Å²) < 4.78 is 0. The van der Waals surface area contributed by atoms with Crippen molar-refractivity contribution in [3.8, 4) is 0 Å². The molecule has 4 fully saturated rings. The number of H-pyrrole nitrogens is 1. The zero-order valence-corrected chi connectivity index (χ0v) is 25.3. The Morgan fingerprint density at radius 3 is 2.52 bits per heavy atom. The van der Waals surface area contributed by atoms with Gasteiger partial charge in [-0.15, -0.1) is 0 Å². The largest absolute Gasteiger partial charge is 0.391 e. The van der Waals surface area contributed by atoms with Gasteiger partial charge in [-0.3, -0.25) is 19.2 Å². The Balaban J connectivity index is 1.25. The molecule has 4 N–H and O–H groups in total. The summed E-state index contributed by atoms with van der Waals surface area (Å²) in [6, 6.07) is 12.9. The summed E-state index contributed by atoms with van der Waals surface area (Å²) >= 11 is 6.36. The van der Waals surface area contributed by atoms with Crippen LogP contribution in [0.2, 0.25) is 5.02 Å². The molecular weight excluding hydrogens is 584 g/mol. The molecule has 0 spiro atoms. The Kier molecular flexibility index (Phi) is 8.02. The number of fused-ring (bicyclic) bond motifs is 4. The first-order valence-corrected chi connectivity index (χ1v) is 15.5. The van der Waals surface area contributed by atoms with Gasteiger partial charge < -0.3 is 30.3 Å². The third-order valence-electron chi connectivity index (χ3n) is 9.76. The monoisotopic (exact) mass is 620 g/mol. The number of likely N-dealkylation sites (tertiary alicyclic amines) is 1. The van der Waals surface area contributed by atoms with Crippen molar-refractivity contribution in [1.82, 2.24) is 20.1 Å². The maximum atomic E-state index is 14.0. The fourth-order valence-corrected chi connectivity index (χ4v) is 7.37. The minimum atomic E-state index is -1.29. The average molecular weight is 621 g/mol. The third-order valence-corrected chi connectivity index (χ3v) is 10.1. The van der Waals surface area contributed by atoms with E-state index in [4.69, 9.17) is 11.6 Å². The van der Waals surface area contributed by atoms with E-state index >= 15 is 0 Å². The Labute approximate surface area is 260 Å². The maximum Gasteiger partial charge on any atom is 0.245 e. The number of aromatic nitrogens is 1. The molecule has 3 amide bonds. The topological polar surface area (TPSA) is 143 Å². The molecule has 3 aromatic rings. The van der Waals surface area contributed by atoms with Gasteiger partial charge in [-0.25, -0.2) is 0 Å². The molecule has 232 valence electrons. The van der Waals surface area contributed by atoms with Crippen molar-refractivity contribution in [3.05, 3.63) is 70.9 Å². The minimum absolute atomic E-state index is 0.00472. The van der Waals surface area contributed by atoms with Crippen LogP contribution in [0, 0.1) is 5.41 Å². The van der Waals surface area contributed by atoms with Crippen LogP contribution in [0.1, 0.15) is 49.7 Å². The van der Waals surface area contributed by atoms with E-state index in [1.54, 1.807) is 13.1 Å². The summed E-state index contributed by atoms with van der Waals surface area (Å²) in [7, 11) is 1.65. The van der Waals surface area contributed by atoms with Crippen LogP contribution in [0.15, 0.2) is 54.7 Å². The maximum absolute atomic E-state index is 14.0. The fourth-order valence-electron chi connectivity index (χ4n) is 7.18. The van der Waals surface area contributed by atoms with Crippen molar-refractivity contribution in [2.45, 2.75) is 75.3 Å². The van der Waals surface area contributed by atoms with E-state index in [1.807, 2.05) is 48.7 Å². The second-order valence-corrected chi connectivity index (χ2v) is 13.1. The number of para-hydroxylation sites is 1. The van der Waals surface area contributed by atoms with E-state index in [0.717, 1.165) is 22.0 Å². The summed E-state index contributed by atoms with van der Waals surface area (Å²) in [6.07, 6.45) is 2.10. The van der Waals surface area contributed by atoms with Gasteiger partial charge in [0.2, 0.25) is 17.7 Å². The van der Waals surface area contributed by atoms with E-state index in [1.165, 1.54) is 9.80 Å². The number of benzene rings is 2. The van der Waals surface area contributed by atoms with Gasteiger partial charge in [0.05, 0.1) is 11.7 Å². The highest BCUT2D eigenvalue weighted by Crippen LogP contribution is 2.51. The highest BCUT2D eigenvalue weighted by Gasteiger charge is 2.60. The van der Waals surface area contributed by atoms with Crippen LogP contribution >= 0.6 is 11.6 Å². The molecule has 1 aromatic heterocycles. The number of rotatable bonds is 8. The van der Waals surface area contributed by atoms with Crippen molar-refractivity contribution in [3.63, 3.8) is 0 Å². The van der Waals surface area contributed by atoms with Gasteiger partial charge >= 0.3 is 0 Å². The number of nitrogens with one attached hydrogen (secondary N) is 2. The number of Topliss-reactive ketones (excluding diaryl/α,β-unsaturated/α-hetero) is 1. The molecule has 0 radical (unpaired) electrons. The smallest absolute Gasteiger partial charge is 0.245 e. The van der Waals surface area contributed by atoms with Gasteiger partial charge in [-0.2, -0.15) is 0 Å². The standard InChI is InChI=1S/C33H37ClN4O6/c1-37(18-20-6-2-4-8-24(20)34)30(42)26(14-21-17-35-25-9-5-3-7-23(21)25)36-29(41)27-15-22(39)19-38(27)31(43)33-12-10-32(44,11-13-33)16-28(33)40/h2-9,17,22,26-27,35,39,44H,10-16,18-19H2,1H3,(H,36,41). The molecule has 7 rings (SSSR count). The molecule has 44 heavy (non-hydrogen) atoms. The predicted octanol–water partition coefficient (Wildman–Crippen LogP) is 2.73. The van der Waals surface area contributed by atoms with Crippen LogP contribution in [0.4, 0.5) is 0 Å². The molecule has 4 aliphatic rings. The Morgan fingerprint density at radius 2 is 1.80 bits per heavy atom. The second-order valence-electron chi connectivity index (χ2n) is 12.7. The molecular formula is C33H37ClN4O6. The molecule has 2 heterocycles. The first kappa shape index (κ1) is 30.3. The third kappa shape index (κ3) is 5.50. The van der Waals surface area contributed by atoms with Crippen molar-refractivity contribution < 1.29 is 29.4 Å². The van der Waals surface area contributed by atoms with Crippen LogP contribution in [0.3, 0.4) is 0 Å². The number of amides is 3. The number of carbonyl (C=O) groups excluding carboxylic acids is 4. The lowest BCUT2D eigenvalue weighted by atomic mass is 9.57. The number of aliphatic hydroxyl groups excluding tert-OH is 1. The van der Waals surface area contributed by atoms with Crippen molar-refractivity contribution in [2.24, 2.45) is 5.41 Å².